The van der Waals surface area contributed by atoms with Gasteiger partial charge in [0.15, 0.2) is 6.20 Å². The third-order valence-electron chi connectivity index (χ3n) is 4.73. The number of hydrogen-bond donors (Lipinski definition) is 2. The monoisotopic (exact) mass is 469 g/mol. The Labute approximate surface area is 185 Å². The Hall–Kier alpha value is -2.74. The summed E-state index contributed by atoms with van der Waals surface area (Å²) in [4.78, 5) is 25.8. The summed E-state index contributed by atoms with van der Waals surface area (Å²) in [6.45, 7) is -0.412. The highest BCUT2D eigenvalue weighted by atomic mass is 31.2. The number of terminal acetylenes is 1. The van der Waals surface area contributed by atoms with Crippen LogP contribution in [0.15, 0.2) is 27.9 Å². The summed E-state index contributed by atoms with van der Waals surface area (Å²) in [7, 11) is -4.75. The molecule has 0 bridgehead atoms. The molecular weight excluding hydrogens is 446 g/mol. The minimum absolute atomic E-state index is 0.123. The number of aromatic amines is 1. The molecule has 0 aliphatic carbocycles. The van der Waals surface area contributed by atoms with Crippen LogP contribution in [0, 0.1) is 26.2 Å². The van der Waals surface area contributed by atoms with E-state index >= 15 is 4.39 Å². The first kappa shape index (κ1) is 18.8. The number of hydrogen-bond acceptors (Lipinski definition) is 8. The lowest BCUT2D eigenvalue weighted by molar-refractivity contribution is -0.179. The maximum atomic E-state index is 15.8. The highest BCUT2D eigenvalue weighted by Crippen LogP contribution is 2.56. The van der Waals surface area contributed by atoms with E-state index in [-0.39, 0.29) is 12.4 Å². The molecule has 2 aliphatic heterocycles. The second-order valence-electron chi connectivity index (χ2n) is 7.28. The molecule has 2 aromatic rings. The lowest BCUT2D eigenvalue weighted by Gasteiger charge is -2.28. The van der Waals surface area contributed by atoms with Crippen LogP contribution in [-0.4, -0.2) is 33.2 Å². The lowest BCUT2D eigenvalue weighted by Crippen LogP contribution is -2.37. The standard InChI is InChI=1S/C20H20FN2O8P/c1-4-13-8-23(19(26)22-17(13)25)18-15(24)7-20(21,30-18)10-29-32(27)28-9-14-6-11(2)5-12(3)16(14)31-32/h1,5-6,8,15,18,24H,7,9-10H2,2-3H3,(H,22,25,26)/t15-,18-,20+,32?/m1/s1/i10D2,18D. The van der Waals surface area contributed by atoms with Gasteiger partial charge in [0.25, 0.3) is 5.56 Å². The van der Waals surface area contributed by atoms with Gasteiger partial charge in [-0.1, -0.05) is 23.6 Å². The van der Waals surface area contributed by atoms with Crippen molar-refractivity contribution in [1.82, 2.24) is 9.55 Å². The topological polar surface area (TPSA) is 129 Å². The van der Waals surface area contributed by atoms with Gasteiger partial charge in [0, 0.05) is 18.2 Å². The Kier molecular flexibility index (Phi) is 4.69. The number of halogens is 1. The van der Waals surface area contributed by atoms with Crippen LogP contribution in [-0.2, 0) is 25.0 Å². The zero-order valence-corrected chi connectivity index (χ0v) is 17.8. The summed E-state index contributed by atoms with van der Waals surface area (Å²) in [5.41, 5.74) is -0.724. The van der Waals surface area contributed by atoms with E-state index in [0.29, 0.717) is 21.9 Å². The van der Waals surface area contributed by atoms with E-state index in [0.717, 1.165) is 5.56 Å². The number of alkyl halides is 1. The van der Waals surface area contributed by atoms with Crippen molar-refractivity contribution in [3.05, 3.63) is 61.4 Å². The van der Waals surface area contributed by atoms with Gasteiger partial charge >= 0.3 is 13.5 Å². The van der Waals surface area contributed by atoms with E-state index < -0.39 is 55.8 Å². The van der Waals surface area contributed by atoms with Crippen LogP contribution >= 0.6 is 7.82 Å². The number of nitrogens with zero attached hydrogens (tertiary/aromatic N) is 1. The Morgan fingerprint density at radius 2 is 2.28 bits per heavy atom. The van der Waals surface area contributed by atoms with Crippen molar-refractivity contribution >= 4 is 7.82 Å². The molecule has 3 heterocycles. The zero-order valence-electron chi connectivity index (χ0n) is 19.9. The molecule has 1 unspecified atom stereocenters. The molecule has 32 heavy (non-hydrogen) atoms. The molecule has 0 radical (unpaired) electrons. The molecule has 2 N–H and O–H groups in total. The summed E-state index contributed by atoms with van der Waals surface area (Å²) in [5, 5.41) is 10.4. The molecule has 4 atom stereocenters. The van der Waals surface area contributed by atoms with Crippen LogP contribution in [0.4, 0.5) is 4.39 Å². The number of aliphatic hydroxyl groups excluding tert-OH is 1. The molecule has 10 nitrogen and oxygen atoms in total. The highest BCUT2D eigenvalue weighted by molar-refractivity contribution is 7.49. The van der Waals surface area contributed by atoms with E-state index in [1.165, 1.54) is 0 Å². The lowest BCUT2D eigenvalue weighted by atomic mass is 10.1. The minimum Gasteiger partial charge on any atom is -0.403 e. The fourth-order valence-corrected chi connectivity index (χ4v) is 4.53. The van der Waals surface area contributed by atoms with Crippen molar-refractivity contribution in [3.63, 3.8) is 0 Å². The fourth-order valence-electron chi connectivity index (χ4n) is 3.36. The Morgan fingerprint density at radius 3 is 3.00 bits per heavy atom. The van der Waals surface area contributed by atoms with Gasteiger partial charge in [0.1, 0.15) is 24.0 Å². The zero-order chi connectivity index (χ0) is 26.0. The fraction of sp³-hybridized carbons (Fsp3) is 0.400. The summed E-state index contributed by atoms with van der Waals surface area (Å²) in [6, 6.07) is 3.42. The van der Waals surface area contributed by atoms with Gasteiger partial charge < -0.3 is 14.4 Å². The van der Waals surface area contributed by atoms with Crippen LogP contribution in [0.3, 0.4) is 0 Å². The molecule has 170 valence electrons. The number of aliphatic hydroxyl groups is 1. The van der Waals surface area contributed by atoms with Crippen molar-refractivity contribution in [1.29, 1.82) is 0 Å². The van der Waals surface area contributed by atoms with Gasteiger partial charge in [-0.15, -0.1) is 6.42 Å². The molecule has 0 amide bonds. The van der Waals surface area contributed by atoms with E-state index in [1.807, 2.05) is 12.8 Å². The summed E-state index contributed by atoms with van der Waals surface area (Å²) in [6.07, 6.45) is -0.481. The van der Waals surface area contributed by atoms with Gasteiger partial charge in [0.05, 0.1) is 10.7 Å². The number of H-pyrrole nitrogens is 1. The van der Waals surface area contributed by atoms with Crippen molar-refractivity contribution in [2.75, 3.05) is 6.56 Å². The molecule has 1 aromatic heterocycles. The van der Waals surface area contributed by atoms with Gasteiger partial charge in [-0.25, -0.2) is 13.8 Å². The number of fused-ring (bicyclic) bond motifs is 1. The average Bonchev–Trinajstić information content (AvgIpc) is 2.98. The predicted octanol–water partition coefficient (Wildman–Crippen LogP) is 1.81. The number of aromatic nitrogens is 2. The van der Waals surface area contributed by atoms with Crippen LogP contribution in [0.1, 0.15) is 39.0 Å². The highest BCUT2D eigenvalue weighted by Gasteiger charge is 2.50. The van der Waals surface area contributed by atoms with Crippen LogP contribution in [0.5, 0.6) is 5.75 Å². The van der Waals surface area contributed by atoms with E-state index in [4.69, 9.17) is 28.8 Å². The van der Waals surface area contributed by atoms with Crippen molar-refractivity contribution in [2.45, 2.75) is 45.0 Å². The van der Waals surface area contributed by atoms with E-state index in [9.17, 15) is 19.3 Å². The third-order valence-corrected chi connectivity index (χ3v) is 5.90. The number of nitrogens with one attached hydrogen (secondary N) is 1. The summed E-state index contributed by atoms with van der Waals surface area (Å²) >= 11 is 0. The van der Waals surface area contributed by atoms with Crippen molar-refractivity contribution < 1.29 is 36.5 Å². The molecule has 1 saturated heterocycles. The molecule has 12 heteroatoms. The molecule has 4 rings (SSSR count). The molecule has 2 aliphatic rings. The van der Waals surface area contributed by atoms with E-state index in [2.05, 4.69) is 0 Å². The SMILES string of the molecule is [2H]C([2H])(OP1(=O)OCc2cc(C)cc(C)c2O1)[C@]1(F)C[C@@H](O)[C@]([2H])(n2cc(C#C)c(=O)[nH]c2=O)O1. The molecule has 1 fully saturated rings. The minimum atomic E-state index is -4.75. The largest absolute Gasteiger partial charge is 0.530 e. The normalized spacial score (nSPS) is 33.3. The first-order chi connectivity index (χ1) is 16.1. The first-order valence-electron chi connectivity index (χ1n) is 10.8. The van der Waals surface area contributed by atoms with E-state index in [1.54, 1.807) is 24.0 Å². The molecular formula is C20H20FN2O8P. The second kappa shape index (κ2) is 7.99. The number of ether oxygens (including phenoxy) is 1. The Balaban J connectivity index is 1.65. The van der Waals surface area contributed by atoms with Gasteiger partial charge in [0.2, 0.25) is 5.85 Å². The third kappa shape index (κ3) is 4.16. The number of phosphoric acid groups is 1. The van der Waals surface area contributed by atoms with Crippen molar-refractivity contribution in [2.24, 2.45) is 0 Å². The summed E-state index contributed by atoms with van der Waals surface area (Å²) in [5.74, 6) is -1.54. The molecule has 0 spiro atoms. The second-order valence-corrected chi connectivity index (χ2v) is 8.80. The number of benzene rings is 1. The molecule has 1 aromatic carbocycles. The van der Waals surface area contributed by atoms with Gasteiger partial charge in [-0.3, -0.25) is 23.4 Å². The molecule has 0 saturated carbocycles. The summed E-state index contributed by atoms with van der Waals surface area (Å²) < 4.78 is 73.9. The smallest absolute Gasteiger partial charge is 0.403 e. The van der Waals surface area contributed by atoms with Gasteiger partial charge in [-0.05, 0) is 19.4 Å². The Bertz CT molecular complexity index is 1420. The maximum absolute atomic E-state index is 15.8. The number of rotatable bonds is 4. The van der Waals surface area contributed by atoms with Crippen LogP contribution in [0.2, 0.25) is 0 Å². The Morgan fingerprint density at radius 1 is 1.53 bits per heavy atom. The average molecular weight is 469 g/mol. The van der Waals surface area contributed by atoms with Gasteiger partial charge in [-0.2, -0.15) is 0 Å². The van der Waals surface area contributed by atoms with Crippen LogP contribution < -0.4 is 15.8 Å². The predicted molar refractivity (Wildman–Crippen MR) is 109 cm³/mol. The number of aryl methyl sites for hydroxylation is 2. The maximum Gasteiger partial charge on any atom is 0.530 e. The van der Waals surface area contributed by atoms with Crippen LogP contribution in [0.25, 0.3) is 0 Å². The van der Waals surface area contributed by atoms with Crippen molar-refractivity contribution in [3.8, 4) is 18.1 Å². The number of phosphoric ester groups is 1. The first-order valence-corrected chi connectivity index (χ1v) is 10.7. The quantitative estimate of drug-likeness (QED) is 0.513.